The first-order valence-electron chi connectivity index (χ1n) is 9.21. The summed E-state index contributed by atoms with van der Waals surface area (Å²) in [6.45, 7) is 6.18. The van der Waals surface area contributed by atoms with E-state index in [4.69, 9.17) is 0 Å². The monoisotopic (exact) mass is 320 g/mol. The van der Waals surface area contributed by atoms with Gasteiger partial charge in [0.2, 0.25) is 0 Å². The van der Waals surface area contributed by atoms with E-state index in [2.05, 4.69) is 19.6 Å². The van der Waals surface area contributed by atoms with Crippen LogP contribution in [0, 0.1) is 23.5 Å². The van der Waals surface area contributed by atoms with Gasteiger partial charge in [-0.3, -0.25) is 0 Å². The molecule has 0 nitrogen and oxygen atoms in total. The van der Waals surface area contributed by atoms with Crippen molar-refractivity contribution in [3.63, 3.8) is 0 Å². The van der Waals surface area contributed by atoms with Crippen molar-refractivity contribution in [2.75, 3.05) is 0 Å². The van der Waals surface area contributed by atoms with Gasteiger partial charge in [-0.15, -0.1) is 6.58 Å². The molecule has 1 aliphatic carbocycles. The number of allylic oxidation sites excluding steroid dienone is 1. The molecule has 1 unspecified atom stereocenters. The van der Waals surface area contributed by atoms with Crippen LogP contribution in [0.2, 0.25) is 0 Å². The van der Waals surface area contributed by atoms with E-state index in [1.807, 2.05) is 0 Å². The Labute approximate surface area is 140 Å². The van der Waals surface area contributed by atoms with E-state index in [0.29, 0.717) is 11.8 Å². The number of benzene rings is 1. The molecule has 128 valence electrons. The molecule has 1 atom stereocenters. The van der Waals surface area contributed by atoms with Crippen LogP contribution in [-0.2, 0) is 0 Å². The molecule has 2 heteroatoms. The van der Waals surface area contributed by atoms with Gasteiger partial charge in [0.15, 0.2) is 11.6 Å². The zero-order valence-electron chi connectivity index (χ0n) is 14.4. The van der Waals surface area contributed by atoms with Crippen molar-refractivity contribution in [2.45, 2.75) is 70.6 Å². The molecule has 1 aromatic rings. The van der Waals surface area contributed by atoms with Crippen LogP contribution in [0.1, 0.15) is 76.2 Å². The summed E-state index contributed by atoms with van der Waals surface area (Å²) >= 11 is 0. The van der Waals surface area contributed by atoms with Crippen LogP contribution in [0.5, 0.6) is 0 Å². The third-order valence-corrected chi connectivity index (χ3v) is 5.44. The molecule has 1 saturated carbocycles. The fraction of sp³-hybridized carbons (Fsp3) is 0.619. The molecule has 0 bridgehead atoms. The van der Waals surface area contributed by atoms with Crippen molar-refractivity contribution in [3.8, 4) is 0 Å². The van der Waals surface area contributed by atoms with E-state index in [-0.39, 0.29) is 0 Å². The van der Waals surface area contributed by atoms with Crippen LogP contribution < -0.4 is 0 Å². The standard InChI is InChI=1S/C21H30F2/c1-3-6-16(4-2)7-5-8-17-9-11-18(12-10-17)19-13-14-20(22)21(23)15-19/h4,13-18H,2-3,5-12H2,1H3. The molecule has 0 heterocycles. The van der Waals surface area contributed by atoms with Crippen LogP contribution in [0.3, 0.4) is 0 Å². The molecule has 23 heavy (non-hydrogen) atoms. The lowest BCUT2D eigenvalue weighted by atomic mass is 9.76. The molecule has 0 spiro atoms. The van der Waals surface area contributed by atoms with Crippen molar-refractivity contribution < 1.29 is 8.78 Å². The second-order valence-electron chi connectivity index (χ2n) is 7.11. The molecule has 0 aromatic heterocycles. The summed E-state index contributed by atoms with van der Waals surface area (Å²) in [5.74, 6) is 0.437. The Morgan fingerprint density at radius 2 is 1.87 bits per heavy atom. The highest BCUT2D eigenvalue weighted by molar-refractivity contribution is 5.22. The summed E-state index contributed by atoms with van der Waals surface area (Å²) in [7, 11) is 0. The van der Waals surface area contributed by atoms with E-state index in [1.165, 1.54) is 57.1 Å². The molecular weight excluding hydrogens is 290 g/mol. The smallest absolute Gasteiger partial charge is 0.159 e. The Kier molecular flexibility index (Phi) is 7.26. The molecular formula is C21H30F2. The van der Waals surface area contributed by atoms with Crippen molar-refractivity contribution in [3.05, 3.63) is 48.1 Å². The molecule has 0 saturated heterocycles. The van der Waals surface area contributed by atoms with Crippen LogP contribution in [0.25, 0.3) is 0 Å². The lowest BCUT2D eigenvalue weighted by Gasteiger charge is -2.29. The third-order valence-electron chi connectivity index (χ3n) is 5.44. The van der Waals surface area contributed by atoms with E-state index in [9.17, 15) is 8.78 Å². The second kappa shape index (κ2) is 9.20. The van der Waals surface area contributed by atoms with Gasteiger partial charge in [0, 0.05) is 0 Å². The molecule has 0 aliphatic heterocycles. The summed E-state index contributed by atoms with van der Waals surface area (Å²) in [6.07, 6.45) is 13.1. The molecule has 2 rings (SSSR count). The average Bonchev–Trinajstić information content (AvgIpc) is 2.57. The van der Waals surface area contributed by atoms with E-state index in [1.54, 1.807) is 6.07 Å². The van der Waals surface area contributed by atoms with Gasteiger partial charge >= 0.3 is 0 Å². The quantitative estimate of drug-likeness (QED) is 0.452. The van der Waals surface area contributed by atoms with Gasteiger partial charge in [-0.2, -0.15) is 0 Å². The highest BCUT2D eigenvalue weighted by Gasteiger charge is 2.23. The third kappa shape index (κ3) is 5.44. The largest absolute Gasteiger partial charge is 0.204 e. The highest BCUT2D eigenvalue weighted by Crippen LogP contribution is 2.38. The lowest BCUT2D eigenvalue weighted by Crippen LogP contribution is -2.14. The Bertz CT molecular complexity index is 487. The molecule has 1 aromatic carbocycles. The minimum Gasteiger partial charge on any atom is -0.204 e. The SMILES string of the molecule is C=CC(CCC)CCCC1CCC(c2ccc(F)c(F)c2)CC1. The van der Waals surface area contributed by atoms with Gasteiger partial charge in [-0.05, 0) is 74.0 Å². The summed E-state index contributed by atoms with van der Waals surface area (Å²) < 4.78 is 26.4. The first-order chi connectivity index (χ1) is 11.1. The molecule has 1 aliphatic rings. The Morgan fingerprint density at radius 1 is 1.13 bits per heavy atom. The van der Waals surface area contributed by atoms with Crippen molar-refractivity contribution in [2.24, 2.45) is 11.8 Å². The van der Waals surface area contributed by atoms with Crippen molar-refractivity contribution in [1.82, 2.24) is 0 Å². The first-order valence-corrected chi connectivity index (χ1v) is 9.21. The Morgan fingerprint density at radius 3 is 2.48 bits per heavy atom. The zero-order chi connectivity index (χ0) is 16.7. The average molecular weight is 320 g/mol. The van der Waals surface area contributed by atoms with Gasteiger partial charge in [-0.25, -0.2) is 8.78 Å². The van der Waals surface area contributed by atoms with Gasteiger partial charge in [0.05, 0.1) is 0 Å². The van der Waals surface area contributed by atoms with Gasteiger partial charge < -0.3 is 0 Å². The van der Waals surface area contributed by atoms with Gasteiger partial charge in [0.1, 0.15) is 0 Å². The van der Waals surface area contributed by atoms with E-state index in [0.717, 1.165) is 24.3 Å². The maximum atomic E-state index is 13.4. The predicted molar refractivity (Wildman–Crippen MR) is 93.5 cm³/mol. The number of hydrogen-bond acceptors (Lipinski definition) is 0. The minimum absolute atomic E-state index is 0.405. The maximum absolute atomic E-state index is 13.4. The first kappa shape index (κ1) is 18.2. The topological polar surface area (TPSA) is 0 Å². The summed E-state index contributed by atoms with van der Waals surface area (Å²) in [6, 6.07) is 4.41. The lowest BCUT2D eigenvalue weighted by molar-refractivity contribution is 0.297. The molecule has 1 fully saturated rings. The van der Waals surface area contributed by atoms with Gasteiger partial charge in [-0.1, -0.05) is 38.3 Å². The van der Waals surface area contributed by atoms with Crippen LogP contribution in [-0.4, -0.2) is 0 Å². The summed E-state index contributed by atoms with van der Waals surface area (Å²) in [5.41, 5.74) is 0.969. The second-order valence-corrected chi connectivity index (χ2v) is 7.11. The predicted octanol–water partition coefficient (Wildman–Crippen LogP) is 7.01. The molecule has 0 N–H and O–H groups in total. The fourth-order valence-electron chi connectivity index (χ4n) is 3.97. The van der Waals surface area contributed by atoms with Gasteiger partial charge in [0.25, 0.3) is 0 Å². The molecule has 0 radical (unpaired) electrons. The fourth-order valence-corrected chi connectivity index (χ4v) is 3.97. The Balaban J connectivity index is 1.73. The zero-order valence-corrected chi connectivity index (χ0v) is 14.4. The molecule has 0 amide bonds. The minimum atomic E-state index is -0.744. The van der Waals surface area contributed by atoms with Crippen LogP contribution >= 0.6 is 0 Å². The van der Waals surface area contributed by atoms with Crippen molar-refractivity contribution in [1.29, 1.82) is 0 Å². The summed E-state index contributed by atoms with van der Waals surface area (Å²) in [5, 5.41) is 0. The maximum Gasteiger partial charge on any atom is 0.159 e. The number of rotatable bonds is 8. The van der Waals surface area contributed by atoms with E-state index >= 15 is 0 Å². The highest BCUT2D eigenvalue weighted by atomic mass is 19.2. The normalized spacial score (nSPS) is 22.7. The van der Waals surface area contributed by atoms with Crippen LogP contribution in [0.4, 0.5) is 8.78 Å². The Hall–Kier alpha value is -1.18. The van der Waals surface area contributed by atoms with Crippen LogP contribution in [0.15, 0.2) is 30.9 Å². The van der Waals surface area contributed by atoms with E-state index < -0.39 is 11.6 Å². The van der Waals surface area contributed by atoms with Crippen molar-refractivity contribution >= 4 is 0 Å². The number of halogens is 2. The summed E-state index contributed by atoms with van der Waals surface area (Å²) in [4.78, 5) is 0. The number of hydrogen-bond donors (Lipinski definition) is 0.